The van der Waals surface area contributed by atoms with Crippen LogP contribution in [-0.4, -0.2) is 38.3 Å². The van der Waals surface area contributed by atoms with Crippen molar-refractivity contribution in [1.82, 2.24) is 9.99 Å². The van der Waals surface area contributed by atoms with Crippen LogP contribution in [0.3, 0.4) is 0 Å². The van der Waals surface area contributed by atoms with Gasteiger partial charge >= 0.3 is 0 Å². The van der Waals surface area contributed by atoms with Crippen LogP contribution in [-0.2, 0) is 14.8 Å². The zero-order chi connectivity index (χ0) is 28.9. The summed E-state index contributed by atoms with van der Waals surface area (Å²) in [4.78, 5) is 13.1. The number of amides is 1. The number of nitrogens with one attached hydrogen (secondary N) is 1. The Kier molecular flexibility index (Phi) is 9.19. The number of carbonyl (C=O) groups is 1. The van der Waals surface area contributed by atoms with Crippen molar-refractivity contribution in [2.75, 3.05) is 17.5 Å². The third kappa shape index (κ3) is 6.50. The van der Waals surface area contributed by atoms with Gasteiger partial charge in [-0.15, -0.1) is 0 Å². The second kappa shape index (κ2) is 12.6. The van der Waals surface area contributed by atoms with Crippen molar-refractivity contribution in [3.8, 4) is 11.4 Å². The molecule has 0 bridgehead atoms. The molecule has 0 saturated carbocycles. The van der Waals surface area contributed by atoms with E-state index in [1.54, 1.807) is 67.6 Å². The summed E-state index contributed by atoms with van der Waals surface area (Å²) in [6.45, 7) is 5.45. The maximum absolute atomic E-state index is 13.6. The molecule has 11 heteroatoms. The van der Waals surface area contributed by atoms with Gasteiger partial charge in [0.1, 0.15) is 12.3 Å². The molecule has 0 aliphatic rings. The van der Waals surface area contributed by atoms with Gasteiger partial charge in [0.05, 0.1) is 23.4 Å². The molecule has 40 heavy (non-hydrogen) atoms. The Labute approximate surface area is 243 Å². The highest BCUT2D eigenvalue weighted by Gasteiger charge is 2.29. The molecule has 4 rings (SSSR count). The molecule has 208 valence electrons. The Hall–Kier alpha value is -3.79. The highest BCUT2D eigenvalue weighted by Crippen LogP contribution is 2.32. The van der Waals surface area contributed by atoms with E-state index < -0.39 is 22.5 Å². The Morgan fingerprint density at radius 2 is 1.65 bits per heavy atom. The quantitative estimate of drug-likeness (QED) is 0.175. The summed E-state index contributed by atoms with van der Waals surface area (Å²) in [5.74, 6) is -0.285. The zero-order valence-electron chi connectivity index (χ0n) is 22.1. The minimum atomic E-state index is -4.10. The van der Waals surface area contributed by atoms with Crippen LogP contribution in [0.5, 0.6) is 5.75 Å². The first-order valence-electron chi connectivity index (χ1n) is 12.4. The summed E-state index contributed by atoms with van der Waals surface area (Å²) in [7, 11) is -4.10. The van der Waals surface area contributed by atoms with Crippen molar-refractivity contribution < 1.29 is 17.9 Å². The molecule has 4 aromatic rings. The molecule has 1 amide bonds. The number of carbonyl (C=O) groups excluding carboxylic acids is 1. The van der Waals surface area contributed by atoms with E-state index in [0.717, 1.165) is 26.9 Å². The number of rotatable bonds is 10. The zero-order valence-corrected chi connectivity index (χ0v) is 24.5. The molecule has 0 fully saturated rings. The van der Waals surface area contributed by atoms with Crippen molar-refractivity contribution in [3.05, 3.63) is 106 Å². The monoisotopic (exact) mass is 598 g/mol. The van der Waals surface area contributed by atoms with Crippen molar-refractivity contribution in [2.45, 2.75) is 25.7 Å². The number of hydrogen-bond donors (Lipinski definition) is 1. The van der Waals surface area contributed by atoms with Crippen molar-refractivity contribution in [3.63, 3.8) is 0 Å². The normalized spacial score (nSPS) is 11.5. The molecule has 0 radical (unpaired) electrons. The molecule has 8 nitrogen and oxygen atoms in total. The highest BCUT2D eigenvalue weighted by molar-refractivity contribution is 7.92. The SMILES string of the molecule is CCOc1ccccc1N(CC(=O)N/N=C\c1cc(C)n(-c2cc(Cl)cc(Cl)c2)c1C)S(=O)(=O)c1ccccc1. The number of aromatic nitrogens is 1. The molecule has 1 N–H and O–H groups in total. The van der Waals surface area contributed by atoms with Gasteiger partial charge in [0.15, 0.2) is 0 Å². The summed E-state index contributed by atoms with van der Waals surface area (Å²) in [5, 5.41) is 5.13. The van der Waals surface area contributed by atoms with E-state index in [2.05, 4.69) is 10.5 Å². The molecule has 0 saturated heterocycles. The van der Waals surface area contributed by atoms with E-state index in [9.17, 15) is 13.2 Å². The smallest absolute Gasteiger partial charge is 0.264 e. The van der Waals surface area contributed by atoms with Crippen LogP contribution in [0.2, 0.25) is 10.0 Å². The molecular weight excluding hydrogens is 571 g/mol. The molecule has 0 aliphatic carbocycles. The standard InChI is InChI=1S/C29H28Cl2N4O4S/c1-4-39-28-13-9-8-12-27(28)34(40(37,38)26-10-6-5-7-11-26)19-29(36)33-32-18-22-14-20(2)35(21(22)3)25-16-23(30)15-24(31)17-25/h5-18H,4,19H2,1-3H3,(H,33,36)/b32-18-. The predicted molar refractivity (Wildman–Crippen MR) is 160 cm³/mol. The number of hydrogen-bond acceptors (Lipinski definition) is 5. The van der Waals surface area contributed by atoms with Crippen molar-refractivity contribution >= 4 is 51.0 Å². The van der Waals surface area contributed by atoms with E-state index >= 15 is 0 Å². The van der Waals surface area contributed by atoms with E-state index in [1.807, 2.05) is 24.5 Å². The number of hydrazone groups is 1. The van der Waals surface area contributed by atoms with E-state index in [1.165, 1.54) is 18.3 Å². The molecule has 0 spiro atoms. The predicted octanol–water partition coefficient (Wildman–Crippen LogP) is 6.15. The molecular formula is C29H28Cl2N4O4S. The molecule has 0 unspecified atom stereocenters. The first-order valence-corrected chi connectivity index (χ1v) is 14.6. The van der Waals surface area contributed by atoms with Crippen molar-refractivity contribution in [1.29, 1.82) is 0 Å². The third-order valence-electron chi connectivity index (χ3n) is 6.02. The Morgan fingerprint density at radius 3 is 2.33 bits per heavy atom. The summed E-state index contributed by atoms with van der Waals surface area (Å²) in [5.41, 5.74) is 6.02. The van der Waals surface area contributed by atoms with Gasteiger partial charge in [0.2, 0.25) is 0 Å². The fourth-order valence-electron chi connectivity index (χ4n) is 4.28. The Balaban J connectivity index is 1.59. The lowest BCUT2D eigenvalue weighted by Crippen LogP contribution is -2.39. The van der Waals surface area contributed by atoms with E-state index in [0.29, 0.717) is 22.4 Å². The maximum Gasteiger partial charge on any atom is 0.264 e. The fourth-order valence-corrected chi connectivity index (χ4v) is 6.25. The highest BCUT2D eigenvalue weighted by atomic mass is 35.5. The van der Waals surface area contributed by atoms with Crippen LogP contribution in [0.1, 0.15) is 23.9 Å². The van der Waals surface area contributed by atoms with Gasteiger partial charge in [-0.25, -0.2) is 13.8 Å². The van der Waals surface area contributed by atoms with Gasteiger partial charge in [-0.2, -0.15) is 5.10 Å². The second-order valence-electron chi connectivity index (χ2n) is 8.81. The van der Waals surface area contributed by atoms with Crippen LogP contribution >= 0.6 is 23.2 Å². The lowest BCUT2D eigenvalue weighted by molar-refractivity contribution is -0.119. The number of para-hydroxylation sites is 2. The number of anilines is 1. The minimum absolute atomic E-state index is 0.0474. The average molecular weight is 600 g/mol. The topological polar surface area (TPSA) is 93.0 Å². The fraction of sp³-hybridized carbons (Fsp3) is 0.172. The third-order valence-corrected chi connectivity index (χ3v) is 8.23. The molecule has 0 aliphatic heterocycles. The maximum atomic E-state index is 13.6. The molecule has 3 aromatic carbocycles. The first-order chi connectivity index (χ1) is 19.1. The minimum Gasteiger partial charge on any atom is -0.492 e. The number of benzene rings is 3. The number of ether oxygens (including phenoxy) is 1. The average Bonchev–Trinajstić information content (AvgIpc) is 3.20. The van der Waals surface area contributed by atoms with Crippen molar-refractivity contribution in [2.24, 2.45) is 5.10 Å². The summed E-state index contributed by atoms with van der Waals surface area (Å²) in [6, 6.07) is 21.8. The van der Waals surface area contributed by atoms with Crippen LogP contribution in [0.25, 0.3) is 5.69 Å². The number of sulfonamides is 1. The van der Waals surface area contributed by atoms with E-state index in [4.69, 9.17) is 27.9 Å². The molecule has 1 heterocycles. The lowest BCUT2D eigenvalue weighted by Gasteiger charge is -2.25. The van der Waals surface area contributed by atoms with Crippen LogP contribution in [0, 0.1) is 13.8 Å². The number of aryl methyl sites for hydroxylation is 1. The van der Waals surface area contributed by atoms with E-state index in [-0.39, 0.29) is 10.6 Å². The van der Waals surface area contributed by atoms with Gasteiger partial charge < -0.3 is 9.30 Å². The summed E-state index contributed by atoms with van der Waals surface area (Å²) in [6.07, 6.45) is 1.51. The lowest BCUT2D eigenvalue weighted by atomic mass is 10.2. The summed E-state index contributed by atoms with van der Waals surface area (Å²) >= 11 is 12.4. The van der Waals surface area contributed by atoms with Gasteiger partial charge in [-0.3, -0.25) is 9.10 Å². The van der Waals surface area contributed by atoms with Crippen LogP contribution < -0.4 is 14.5 Å². The van der Waals surface area contributed by atoms with Gasteiger partial charge in [0.25, 0.3) is 15.9 Å². The van der Waals surface area contributed by atoms with Gasteiger partial charge in [0, 0.05) is 32.7 Å². The second-order valence-corrected chi connectivity index (χ2v) is 11.5. The van der Waals surface area contributed by atoms with Crippen LogP contribution in [0.15, 0.2) is 88.9 Å². The molecule has 1 aromatic heterocycles. The molecule has 0 atom stereocenters. The Morgan fingerprint density at radius 1 is 1.00 bits per heavy atom. The summed E-state index contributed by atoms with van der Waals surface area (Å²) < 4.78 is 35.9. The largest absolute Gasteiger partial charge is 0.492 e. The van der Waals surface area contributed by atoms with Gasteiger partial charge in [-0.05, 0) is 69.3 Å². The van der Waals surface area contributed by atoms with Gasteiger partial charge in [-0.1, -0.05) is 53.5 Å². The number of nitrogens with zero attached hydrogens (tertiary/aromatic N) is 3. The Bertz CT molecular complexity index is 1630. The number of halogens is 2. The van der Waals surface area contributed by atoms with Crippen LogP contribution in [0.4, 0.5) is 5.69 Å². The first kappa shape index (κ1) is 29.2.